The number of nitrogens with one attached hydrogen (secondary N) is 2. The molecule has 0 saturated carbocycles. The van der Waals surface area contributed by atoms with Crippen LogP contribution in [0, 0.1) is 0 Å². The van der Waals surface area contributed by atoms with Crippen LogP contribution in [-0.4, -0.2) is 36.4 Å². The molecule has 0 aliphatic carbocycles. The minimum Gasteiger partial charge on any atom is -0.351 e. The number of carbonyl (C=O) groups excluding carboxylic acids is 1. The number of aromatic amines is 1. The first-order valence-corrected chi connectivity index (χ1v) is 13.2. The Bertz CT molecular complexity index is 1400. The van der Waals surface area contributed by atoms with Gasteiger partial charge >= 0.3 is 0 Å². The Labute approximate surface area is 208 Å². The standard InChI is InChI=1S/C26H30N4O4S.2H2/c1-16(2)19-9-11-20(12-10-19)22-14-13-21(24(28-22)30-17(3)7-8-18(30)4)25(31)29-35(33,34)23-6-5-15-27-26(23)32;;/h5-6,9-18H,7-8H2,1-4H3,(H,27,32)(H,29,31);2*1H/t17-,18+;;. The highest BCUT2D eigenvalue weighted by molar-refractivity contribution is 7.90. The van der Waals surface area contributed by atoms with Crippen LogP contribution < -0.4 is 15.2 Å². The van der Waals surface area contributed by atoms with Gasteiger partial charge in [-0.3, -0.25) is 9.59 Å². The molecule has 0 unspecified atom stereocenters. The highest BCUT2D eigenvalue weighted by Gasteiger charge is 2.33. The lowest BCUT2D eigenvalue weighted by atomic mass is 10.0. The second kappa shape index (κ2) is 9.65. The van der Waals surface area contributed by atoms with Crippen LogP contribution >= 0.6 is 0 Å². The first-order valence-electron chi connectivity index (χ1n) is 11.7. The normalized spacial score (nSPS) is 18.1. The number of rotatable bonds is 6. The summed E-state index contributed by atoms with van der Waals surface area (Å²) in [5.74, 6) is 0.00936. The Morgan fingerprint density at radius 1 is 1.09 bits per heavy atom. The minimum absolute atomic E-state index is 0. The van der Waals surface area contributed by atoms with E-state index >= 15 is 0 Å². The molecular formula is C26H34N4O4S. The van der Waals surface area contributed by atoms with Gasteiger partial charge in [-0.2, -0.15) is 0 Å². The van der Waals surface area contributed by atoms with Crippen LogP contribution in [0.3, 0.4) is 0 Å². The number of sulfonamides is 1. The lowest BCUT2D eigenvalue weighted by Crippen LogP contribution is -2.38. The smallest absolute Gasteiger partial charge is 0.269 e. The van der Waals surface area contributed by atoms with E-state index in [1.807, 2.05) is 16.9 Å². The second-order valence-corrected chi connectivity index (χ2v) is 11.0. The molecule has 3 aromatic rings. The molecule has 2 N–H and O–H groups in total. The number of nitrogens with zero attached hydrogens (tertiary/aromatic N) is 2. The Balaban J connectivity index is 0.00000241. The summed E-state index contributed by atoms with van der Waals surface area (Å²) in [5, 5.41) is 0. The predicted molar refractivity (Wildman–Crippen MR) is 140 cm³/mol. The topological polar surface area (TPSA) is 112 Å². The highest BCUT2D eigenvalue weighted by Crippen LogP contribution is 2.33. The monoisotopic (exact) mass is 498 g/mol. The van der Waals surface area contributed by atoms with Crippen molar-refractivity contribution in [3.8, 4) is 11.3 Å². The van der Waals surface area contributed by atoms with Gasteiger partial charge in [-0.1, -0.05) is 38.1 Å². The van der Waals surface area contributed by atoms with Crippen molar-refractivity contribution in [3.63, 3.8) is 0 Å². The number of pyridine rings is 2. The fraction of sp³-hybridized carbons (Fsp3) is 0.346. The Morgan fingerprint density at radius 3 is 2.34 bits per heavy atom. The van der Waals surface area contributed by atoms with E-state index in [0.29, 0.717) is 17.4 Å². The number of carbonyl (C=O) groups is 1. The molecule has 2 atom stereocenters. The van der Waals surface area contributed by atoms with Crippen LogP contribution in [0.4, 0.5) is 5.82 Å². The summed E-state index contributed by atoms with van der Waals surface area (Å²) in [5.41, 5.74) is 2.16. The molecule has 35 heavy (non-hydrogen) atoms. The highest BCUT2D eigenvalue weighted by atomic mass is 32.2. The quantitative estimate of drug-likeness (QED) is 0.516. The van der Waals surface area contributed by atoms with Crippen LogP contribution in [0.15, 0.2) is 64.4 Å². The van der Waals surface area contributed by atoms with Crippen molar-refractivity contribution in [2.24, 2.45) is 0 Å². The van der Waals surface area contributed by atoms with Gasteiger partial charge in [-0.25, -0.2) is 18.1 Å². The Morgan fingerprint density at radius 2 is 1.74 bits per heavy atom. The van der Waals surface area contributed by atoms with Gasteiger partial charge in [0.25, 0.3) is 21.5 Å². The zero-order valence-electron chi connectivity index (χ0n) is 20.3. The molecule has 1 aliphatic rings. The third-order valence-electron chi connectivity index (χ3n) is 6.49. The number of hydrogen-bond donors (Lipinski definition) is 2. The molecular weight excluding hydrogens is 464 g/mol. The van der Waals surface area contributed by atoms with Crippen molar-refractivity contribution < 1.29 is 16.1 Å². The van der Waals surface area contributed by atoms with Crippen LogP contribution in [-0.2, 0) is 10.0 Å². The maximum Gasteiger partial charge on any atom is 0.269 e. The number of anilines is 1. The van der Waals surface area contributed by atoms with E-state index in [9.17, 15) is 18.0 Å². The molecule has 4 rings (SSSR count). The lowest BCUT2D eigenvalue weighted by molar-refractivity contribution is 0.0981. The fourth-order valence-corrected chi connectivity index (χ4v) is 5.51. The van der Waals surface area contributed by atoms with Gasteiger partial charge in [0.05, 0.1) is 11.3 Å². The molecule has 0 radical (unpaired) electrons. The fourth-order valence-electron chi connectivity index (χ4n) is 4.48. The molecule has 188 valence electrons. The third kappa shape index (κ3) is 5.00. The lowest BCUT2D eigenvalue weighted by Gasteiger charge is -2.29. The maximum atomic E-state index is 13.2. The van der Waals surface area contributed by atoms with Crippen LogP contribution in [0.2, 0.25) is 0 Å². The van der Waals surface area contributed by atoms with E-state index in [0.717, 1.165) is 24.5 Å². The Hall–Kier alpha value is -3.46. The number of amides is 1. The van der Waals surface area contributed by atoms with E-state index in [1.54, 1.807) is 12.1 Å². The molecule has 1 aliphatic heterocycles. The van der Waals surface area contributed by atoms with Crippen molar-refractivity contribution in [2.45, 2.75) is 63.4 Å². The first kappa shape index (κ1) is 24.7. The third-order valence-corrected chi connectivity index (χ3v) is 7.84. The summed E-state index contributed by atoms with van der Waals surface area (Å²) in [4.78, 5) is 34.0. The largest absolute Gasteiger partial charge is 0.351 e. The van der Waals surface area contributed by atoms with Gasteiger partial charge in [-0.15, -0.1) is 0 Å². The van der Waals surface area contributed by atoms with Gasteiger partial charge in [0.2, 0.25) is 0 Å². The van der Waals surface area contributed by atoms with E-state index in [2.05, 4.69) is 49.7 Å². The molecule has 1 aromatic carbocycles. The van der Waals surface area contributed by atoms with Gasteiger partial charge in [0, 0.05) is 26.7 Å². The molecule has 1 amide bonds. The van der Waals surface area contributed by atoms with Gasteiger partial charge in [-0.05, 0) is 62.4 Å². The van der Waals surface area contributed by atoms with E-state index in [4.69, 9.17) is 4.98 Å². The second-order valence-electron chi connectivity index (χ2n) is 9.33. The molecule has 0 spiro atoms. The summed E-state index contributed by atoms with van der Waals surface area (Å²) >= 11 is 0. The van der Waals surface area contributed by atoms with E-state index in [1.165, 1.54) is 17.8 Å². The van der Waals surface area contributed by atoms with Gasteiger partial charge in [0.15, 0.2) is 4.90 Å². The number of hydrogen-bond acceptors (Lipinski definition) is 6. The molecule has 0 bridgehead atoms. The minimum atomic E-state index is -4.37. The van der Waals surface area contributed by atoms with Gasteiger partial charge < -0.3 is 9.88 Å². The molecule has 9 heteroatoms. The first-order chi connectivity index (χ1) is 16.6. The average Bonchev–Trinajstić information content (AvgIpc) is 3.16. The molecule has 1 saturated heterocycles. The zero-order chi connectivity index (χ0) is 25.3. The van der Waals surface area contributed by atoms with E-state index in [-0.39, 0.29) is 20.5 Å². The average molecular weight is 499 g/mol. The summed E-state index contributed by atoms with van der Waals surface area (Å²) in [6.45, 7) is 8.40. The van der Waals surface area contributed by atoms with E-state index < -0.39 is 26.4 Å². The zero-order valence-corrected chi connectivity index (χ0v) is 21.1. The predicted octanol–water partition coefficient (Wildman–Crippen LogP) is 4.55. The molecule has 1 fully saturated rings. The SMILES string of the molecule is CC(C)c1ccc(-c2ccc(C(=O)NS(=O)(=O)c3ccc[nH]c3=O)c(N3[C@H](C)CC[C@@H]3C)n2)cc1.[HH].[HH]. The van der Waals surface area contributed by atoms with Crippen LogP contribution in [0.5, 0.6) is 0 Å². The van der Waals surface area contributed by atoms with Gasteiger partial charge in [0.1, 0.15) is 5.82 Å². The molecule has 3 heterocycles. The van der Waals surface area contributed by atoms with Crippen molar-refractivity contribution >= 4 is 21.7 Å². The number of benzene rings is 1. The van der Waals surface area contributed by atoms with Crippen molar-refractivity contribution in [3.05, 3.63) is 76.2 Å². The summed E-state index contributed by atoms with van der Waals surface area (Å²) in [6.07, 6.45) is 3.21. The van der Waals surface area contributed by atoms with Crippen LogP contribution in [0.1, 0.15) is 65.2 Å². The number of H-pyrrole nitrogens is 1. The van der Waals surface area contributed by atoms with Crippen molar-refractivity contribution in [2.75, 3.05) is 4.90 Å². The molecule has 8 nitrogen and oxygen atoms in total. The summed E-state index contributed by atoms with van der Waals surface area (Å²) < 4.78 is 27.6. The maximum absolute atomic E-state index is 13.2. The number of aromatic nitrogens is 2. The van der Waals surface area contributed by atoms with Crippen molar-refractivity contribution in [1.29, 1.82) is 0 Å². The summed E-state index contributed by atoms with van der Waals surface area (Å²) in [7, 11) is -4.37. The molecule has 2 aromatic heterocycles. The summed E-state index contributed by atoms with van der Waals surface area (Å²) in [6, 6.07) is 14.3. The Kier molecular flexibility index (Phi) is 6.80. The van der Waals surface area contributed by atoms with Crippen molar-refractivity contribution in [1.82, 2.24) is 14.7 Å². The van der Waals surface area contributed by atoms with Crippen LogP contribution in [0.25, 0.3) is 11.3 Å².